The third kappa shape index (κ3) is 3.10. The highest BCUT2D eigenvalue weighted by atomic mass is 35.5. The van der Waals surface area contributed by atoms with E-state index < -0.39 is 0 Å². The zero-order valence-corrected chi connectivity index (χ0v) is 14.9. The zero-order valence-electron chi connectivity index (χ0n) is 14.1. The molecule has 4 rings (SSSR count). The minimum Gasteiger partial charge on any atom is -0.368 e. The van der Waals surface area contributed by atoms with Crippen LogP contribution in [0, 0.1) is 6.92 Å². The Kier molecular flexibility index (Phi) is 4.14. The van der Waals surface area contributed by atoms with Gasteiger partial charge in [-0.2, -0.15) is 0 Å². The van der Waals surface area contributed by atoms with Gasteiger partial charge in [0.25, 0.3) is 5.91 Å². The summed E-state index contributed by atoms with van der Waals surface area (Å²) in [6, 6.07) is 15.9. The first-order chi connectivity index (χ1) is 12.1. The monoisotopic (exact) mass is 353 g/mol. The van der Waals surface area contributed by atoms with Gasteiger partial charge in [-0.05, 0) is 36.8 Å². The van der Waals surface area contributed by atoms with Gasteiger partial charge >= 0.3 is 0 Å². The summed E-state index contributed by atoms with van der Waals surface area (Å²) in [5.74, 6) is 0.0682. The van der Waals surface area contributed by atoms with Gasteiger partial charge in [0.2, 0.25) is 0 Å². The highest BCUT2D eigenvalue weighted by Gasteiger charge is 2.24. The molecule has 0 atom stereocenters. The molecule has 1 aromatic heterocycles. The van der Waals surface area contributed by atoms with E-state index in [2.05, 4.69) is 16.8 Å². The minimum absolute atomic E-state index is 0.0682. The second kappa shape index (κ2) is 6.45. The molecule has 2 heterocycles. The van der Waals surface area contributed by atoms with E-state index in [1.165, 1.54) is 5.56 Å². The number of nitrogens with zero attached hydrogens (tertiary/aromatic N) is 2. The molecular weight excluding hydrogens is 334 g/mol. The Labute approximate surface area is 152 Å². The van der Waals surface area contributed by atoms with Gasteiger partial charge in [0.05, 0.1) is 0 Å². The van der Waals surface area contributed by atoms with Crippen molar-refractivity contribution in [2.24, 2.45) is 0 Å². The van der Waals surface area contributed by atoms with Crippen molar-refractivity contribution < 1.29 is 4.79 Å². The molecule has 0 radical (unpaired) electrons. The number of fused-ring (bicyclic) bond motifs is 1. The molecule has 1 fully saturated rings. The van der Waals surface area contributed by atoms with Gasteiger partial charge in [-0.1, -0.05) is 35.9 Å². The van der Waals surface area contributed by atoms with Crippen LogP contribution in [0.3, 0.4) is 0 Å². The second-order valence-electron chi connectivity index (χ2n) is 6.48. The van der Waals surface area contributed by atoms with Crippen LogP contribution < -0.4 is 4.90 Å². The van der Waals surface area contributed by atoms with Crippen molar-refractivity contribution >= 4 is 34.1 Å². The summed E-state index contributed by atoms with van der Waals surface area (Å²) in [6.45, 7) is 5.13. The molecule has 1 N–H and O–H groups in total. The lowest BCUT2D eigenvalue weighted by molar-refractivity contribution is 0.0742. The number of halogens is 1. The topological polar surface area (TPSA) is 39.3 Å². The summed E-state index contributed by atoms with van der Waals surface area (Å²) in [7, 11) is 0. The van der Waals surface area contributed by atoms with Gasteiger partial charge < -0.3 is 14.8 Å². The number of hydrogen-bond donors (Lipinski definition) is 1. The van der Waals surface area contributed by atoms with Crippen LogP contribution in [0.15, 0.2) is 48.5 Å². The number of nitrogens with one attached hydrogen (secondary N) is 1. The molecule has 0 spiro atoms. The molecular formula is C20H20ClN3O. The van der Waals surface area contributed by atoms with Gasteiger partial charge in [0, 0.05) is 47.8 Å². The predicted octanol–water partition coefficient (Wildman–Crippen LogP) is 4.09. The lowest BCUT2D eigenvalue weighted by atomic mass is 10.1. The van der Waals surface area contributed by atoms with E-state index in [9.17, 15) is 4.79 Å². The second-order valence-corrected chi connectivity index (χ2v) is 6.92. The number of H-pyrrole nitrogens is 1. The van der Waals surface area contributed by atoms with E-state index in [1.807, 2.05) is 53.4 Å². The normalized spacial score (nSPS) is 15.0. The number of aryl methyl sites for hydroxylation is 1. The number of hydrogen-bond acceptors (Lipinski definition) is 2. The fourth-order valence-corrected chi connectivity index (χ4v) is 3.60. The zero-order chi connectivity index (χ0) is 17.4. The summed E-state index contributed by atoms with van der Waals surface area (Å²) in [6.07, 6.45) is 0. The van der Waals surface area contributed by atoms with E-state index in [-0.39, 0.29) is 5.91 Å². The molecule has 1 aliphatic heterocycles. The Morgan fingerprint density at radius 3 is 2.56 bits per heavy atom. The predicted molar refractivity (Wildman–Crippen MR) is 103 cm³/mol. The van der Waals surface area contributed by atoms with Crippen LogP contribution in [-0.4, -0.2) is 42.0 Å². The van der Waals surface area contributed by atoms with Crippen molar-refractivity contribution in [3.8, 4) is 0 Å². The maximum Gasteiger partial charge on any atom is 0.270 e. The highest BCUT2D eigenvalue weighted by molar-refractivity contribution is 6.30. The van der Waals surface area contributed by atoms with Gasteiger partial charge in [0.15, 0.2) is 0 Å². The van der Waals surface area contributed by atoms with Crippen LogP contribution in [0.1, 0.15) is 16.1 Å². The van der Waals surface area contributed by atoms with Crippen molar-refractivity contribution in [2.45, 2.75) is 6.92 Å². The molecule has 1 aliphatic rings. The first kappa shape index (κ1) is 16.0. The van der Waals surface area contributed by atoms with Gasteiger partial charge in [-0.15, -0.1) is 0 Å². The maximum absolute atomic E-state index is 12.8. The van der Waals surface area contributed by atoms with Gasteiger partial charge in [-0.3, -0.25) is 4.79 Å². The molecule has 5 heteroatoms. The van der Waals surface area contributed by atoms with Gasteiger partial charge in [-0.25, -0.2) is 0 Å². The summed E-state index contributed by atoms with van der Waals surface area (Å²) in [5, 5.41) is 1.82. The lowest BCUT2D eigenvalue weighted by Gasteiger charge is -2.36. The number of anilines is 1. The molecule has 128 valence electrons. The van der Waals surface area contributed by atoms with E-state index in [0.29, 0.717) is 18.8 Å². The number of amides is 1. The van der Waals surface area contributed by atoms with Crippen LogP contribution in [0.2, 0.25) is 5.02 Å². The largest absolute Gasteiger partial charge is 0.368 e. The van der Waals surface area contributed by atoms with Crippen molar-refractivity contribution in [1.82, 2.24) is 9.88 Å². The maximum atomic E-state index is 12.8. The number of aromatic amines is 1. The smallest absolute Gasteiger partial charge is 0.270 e. The van der Waals surface area contributed by atoms with Crippen LogP contribution in [0.5, 0.6) is 0 Å². The number of piperazine rings is 1. The average molecular weight is 354 g/mol. The van der Waals surface area contributed by atoms with Crippen LogP contribution in [0.4, 0.5) is 5.69 Å². The number of para-hydroxylation sites is 1. The molecule has 4 nitrogen and oxygen atoms in total. The quantitative estimate of drug-likeness (QED) is 0.753. The fourth-order valence-electron chi connectivity index (χ4n) is 3.43. The third-order valence-corrected chi connectivity index (χ3v) is 5.07. The summed E-state index contributed by atoms with van der Waals surface area (Å²) in [4.78, 5) is 20.2. The molecule has 1 amide bonds. The number of carbonyl (C=O) groups excluding carboxylic acids is 1. The summed E-state index contributed by atoms with van der Waals surface area (Å²) >= 11 is 6.14. The van der Waals surface area contributed by atoms with Crippen molar-refractivity contribution in [3.63, 3.8) is 0 Å². The standard InChI is InChI=1S/C20H20ClN3O/c1-14-6-7-16(21)13-19(14)23-8-10-24(11-9-23)20(25)18-12-15-4-2-3-5-17(15)22-18/h2-7,12-13,22H,8-11H2,1H3. The summed E-state index contributed by atoms with van der Waals surface area (Å²) < 4.78 is 0. The third-order valence-electron chi connectivity index (χ3n) is 4.84. The first-order valence-electron chi connectivity index (χ1n) is 8.50. The van der Waals surface area contributed by atoms with Crippen LogP contribution in [-0.2, 0) is 0 Å². The molecule has 2 aromatic carbocycles. The molecule has 0 bridgehead atoms. The van der Waals surface area contributed by atoms with Crippen LogP contribution >= 0.6 is 11.6 Å². The SMILES string of the molecule is Cc1ccc(Cl)cc1N1CCN(C(=O)c2cc3ccccc3[nH]2)CC1. The van der Waals surface area contributed by atoms with Crippen molar-refractivity contribution in [2.75, 3.05) is 31.1 Å². The molecule has 25 heavy (non-hydrogen) atoms. The fraction of sp³-hybridized carbons (Fsp3) is 0.250. The van der Waals surface area contributed by atoms with Crippen molar-refractivity contribution in [1.29, 1.82) is 0 Å². The summed E-state index contributed by atoms with van der Waals surface area (Å²) in [5.41, 5.74) is 4.03. The Bertz CT molecular complexity index is 893. The number of rotatable bonds is 2. The Balaban J connectivity index is 1.47. The molecule has 3 aromatic rings. The Morgan fingerprint density at radius 1 is 1.04 bits per heavy atom. The Morgan fingerprint density at radius 2 is 1.80 bits per heavy atom. The van der Waals surface area contributed by atoms with E-state index in [4.69, 9.17) is 11.6 Å². The molecule has 0 saturated carbocycles. The van der Waals surface area contributed by atoms with E-state index >= 15 is 0 Å². The molecule has 0 aliphatic carbocycles. The lowest BCUT2D eigenvalue weighted by Crippen LogP contribution is -2.49. The number of benzene rings is 2. The Hall–Kier alpha value is -2.46. The van der Waals surface area contributed by atoms with Crippen molar-refractivity contribution in [3.05, 3.63) is 64.8 Å². The van der Waals surface area contributed by atoms with Gasteiger partial charge in [0.1, 0.15) is 5.69 Å². The van der Waals surface area contributed by atoms with E-state index in [0.717, 1.165) is 34.7 Å². The first-order valence-corrected chi connectivity index (χ1v) is 8.88. The molecule has 0 unspecified atom stereocenters. The van der Waals surface area contributed by atoms with Crippen LogP contribution in [0.25, 0.3) is 10.9 Å². The minimum atomic E-state index is 0.0682. The number of aromatic nitrogens is 1. The highest BCUT2D eigenvalue weighted by Crippen LogP contribution is 2.25. The molecule has 1 saturated heterocycles. The average Bonchev–Trinajstić information content (AvgIpc) is 3.07. The number of carbonyl (C=O) groups is 1. The van der Waals surface area contributed by atoms with E-state index in [1.54, 1.807) is 0 Å².